The summed E-state index contributed by atoms with van der Waals surface area (Å²) in [5.41, 5.74) is 1.64. The molecule has 0 N–H and O–H groups in total. The van der Waals surface area contributed by atoms with Crippen molar-refractivity contribution in [1.29, 1.82) is 0 Å². The van der Waals surface area contributed by atoms with Crippen molar-refractivity contribution in [3.63, 3.8) is 0 Å². The van der Waals surface area contributed by atoms with E-state index in [-0.39, 0.29) is 5.41 Å². The largest absolute Gasteiger partial charge is 0.299 e. The summed E-state index contributed by atoms with van der Waals surface area (Å²) in [4.78, 5) is 11.5. The Kier molecular flexibility index (Phi) is 1.58. The first-order chi connectivity index (χ1) is 6.83. The lowest BCUT2D eigenvalue weighted by Crippen LogP contribution is -2.48. The van der Waals surface area contributed by atoms with Crippen LogP contribution in [0.2, 0.25) is 0 Å². The van der Waals surface area contributed by atoms with Gasteiger partial charge in [0.15, 0.2) is 0 Å². The first-order valence-corrected chi connectivity index (χ1v) is 5.41. The lowest BCUT2D eigenvalue weighted by Gasteiger charge is -2.44. The Bertz CT molecular complexity index is 368. The van der Waals surface area contributed by atoms with Crippen molar-refractivity contribution in [2.75, 3.05) is 0 Å². The summed E-state index contributed by atoms with van der Waals surface area (Å²) in [5.74, 6) is 0.844. The highest BCUT2D eigenvalue weighted by Crippen LogP contribution is 2.56. The number of hydrogen-bond donors (Lipinski definition) is 0. The first-order valence-electron chi connectivity index (χ1n) is 5.41. The molecule has 2 fully saturated rings. The molecule has 2 atom stereocenters. The average molecular weight is 186 g/mol. The minimum absolute atomic E-state index is 0.248. The zero-order valence-electron chi connectivity index (χ0n) is 8.20. The van der Waals surface area contributed by atoms with Crippen molar-refractivity contribution in [3.8, 4) is 0 Å². The van der Waals surface area contributed by atoms with Gasteiger partial charge in [-0.1, -0.05) is 36.8 Å². The van der Waals surface area contributed by atoms with Crippen LogP contribution in [-0.4, -0.2) is 5.78 Å². The SMILES string of the molecule is O=C1C[C@]2(c3ccccc3)CCC[C@H]12. The maximum absolute atomic E-state index is 11.5. The van der Waals surface area contributed by atoms with Crippen LogP contribution in [-0.2, 0) is 10.2 Å². The Labute approximate surface area is 84.1 Å². The second-order valence-corrected chi connectivity index (χ2v) is 4.61. The number of fused-ring (bicyclic) bond motifs is 1. The number of Topliss-reactive ketones (excluding diaryl/α,β-unsaturated/α-hetero) is 1. The molecular weight excluding hydrogens is 172 g/mol. The summed E-state index contributed by atoms with van der Waals surface area (Å²) in [5, 5.41) is 0. The summed E-state index contributed by atoms with van der Waals surface area (Å²) in [6.45, 7) is 0. The molecule has 1 nitrogen and oxygen atoms in total. The van der Waals surface area contributed by atoms with Crippen LogP contribution in [0.15, 0.2) is 30.3 Å². The van der Waals surface area contributed by atoms with Crippen LogP contribution in [0.4, 0.5) is 0 Å². The molecule has 2 aliphatic rings. The highest BCUT2D eigenvalue weighted by atomic mass is 16.1. The van der Waals surface area contributed by atoms with Crippen LogP contribution in [0.1, 0.15) is 31.2 Å². The van der Waals surface area contributed by atoms with Gasteiger partial charge in [-0.05, 0) is 18.4 Å². The van der Waals surface area contributed by atoms with Gasteiger partial charge in [0.1, 0.15) is 5.78 Å². The molecule has 3 rings (SSSR count). The number of ketones is 1. The minimum atomic E-state index is 0.248. The third-order valence-electron chi connectivity index (χ3n) is 4.01. The van der Waals surface area contributed by atoms with Crippen molar-refractivity contribution in [3.05, 3.63) is 35.9 Å². The number of rotatable bonds is 1. The molecule has 72 valence electrons. The molecule has 0 spiro atoms. The number of benzene rings is 1. The van der Waals surface area contributed by atoms with E-state index in [1.807, 2.05) is 6.07 Å². The summed E-state index contributed by atoms with van der Waals surface area (Å²) in [7, 11) is 0. The molecule has 1 heteroatoms. The van der Waals surface area contributed by atoms with E-state index < -0.39 is 0 Å². The zero-order chi connectivity index (χ0) is 9.60. The van der Waals surface area contributed by atoms with Gasteiger partial charge in [-0.2, -0.15) is 0 Å². The van der Waals surface area contributed by atoms with Crippen molar-refractivity contribution in [2.45, 2.75) is 31.1 Å². The lowest BCUT2D eigenvalue weighted by atomic mass is 9.58. The van der Waals surface area contributed by atoms with Gasteiger partial charge in [0, 0.05) is 17.8 Å². The van der Waals surface area contributed by atoms with Crippen LogP contribution in [0.3, 0.4) is 0 Å². The number of carbonyl (C=O) groups excluding carboxylic acids is 1. The molecule has 0 bridgehead atoms. The topological polar surface area (TPSA) is 17.1 Å². The molecule has 0 aromatic heterocycles. The van der Waals surface area contributed by atoms with Gasteiger partial charge in [-0.15, -0.1) is 0 Å². The monoisotopic (exact) mass is 186 g/mol. The Hall–Kier alpha value is -1.11. The van der Waals surface area contributed by atoms with Crippen molar-refractivity contribution >= 4 is 5.78 Å². The molecular formula is C13H14O. The van der Waals surface area contributed by atoms with E-state index in [1.54, 1.807) is 0 Å². The lowest BCUT2D eigenvalue weighted by molar-refractivity contribution is -0.134. The highest BCUT2D eigenvalue weighted by Gasteiger charge is 2.56. The van der Waals surface area contributed by atoms with E-state index in [1.165, 1.54) is 18.4 Å². The van der Waals surface area contributed by atoms with Crippen LogP contribution >= 0.6 is 0 Å². The second kappa shape index (κ2) is 2.69. The first kappa shape index (κ1) is 8.22. The molecule has 14 heavy (non-hydrogen) atoms. The average Bonchev–Trinajstić information content (AvgIpc) is 2.57. The number of carbonyl (C=O) groups is 1. The van der Waals surface area contributed by atoms with E-state index in [0.29, 0.717) is 11.7 Å². The van der Waals surface area contributed by atoms with E-state index in [0.717, 1.165) is 12.8 Å². The Morgan fingerprint density at radius 2 is 2.00 bits per heavy atom. The van der Waals surface area contributed by atoms with Crippen molar-refractivity contribution < 1.29 is 4.79 Å². The molecule has 1 aromatic rings. The number of hydrogen-bond acceptors (Lipinski definition) is 1. The van der Waals surface area contributed by atoms with Gasteiger partial charge in [0.2, 0.25) is 0 Å². The van der Waals surface area contributed by atoms with E-state index in [4.69, 9.17) is 0 Å². The molecule has 0 unspecified atom stereocenters. The predicted molar refractivity (Wildman–Crippen MR) is 55.1 cm³/mol. The highest BCUT2D eigenvalue weighted by molar-refractivity contribution is 5.92. The summed E-state index contributed by atoms with van der Waals surface area (Å²) in [6.07, 6.45) is 4.36. The molecule has 0 aliphatic heterocycles. The van der Waals surface area contributed by atoms with Crippen molar-refractivity contribution in [2.24, 2.45) is 5.92 Å². The predicted octanol–water partition coefficient (Wildman–Crippen LogP) is 2.70. The Morgan fingerprint density at radius 3 is 2.71 bits per heavy atom. The van der Waals surface area contributed by atoms with Crippen LogP contribution in [0.25, 0.3) is 0 Å². The van der Waals surface area contributed by atoms with E-state index in [2.05, 4.69) is 24.3 Å². The smallest absolute Gasteiger partial charge is 0.137 e. The Balaban J connectivity index is 2.02. The normalized spacial score (nSPS) is 35.1. The molecule has 0 radical (unpaired) electrons. The fraction of sp³-hybridized carbons (Fsp3) is 0.462. The second-order valence-electron chi connectivity index (χ2n) is 4.61. The fourth-order valence-electron chi connectivity index (χ4n) is 3.27. The molecule has 2 aliphatic carbocycles. The maximum atomic E-state index is 11.5. The van der Waals surface area contributed by atoms with Gasteiger partial charge in [0.25, 0.3) is 0 Å². The van der Waals surface area contributed by atoms with Crippen molar-refractivity contribution in [1.82, 2.24) is 0 Å². The van der Waals surface area contributed by atoms with Crippen LogP contribution in [0, 0.1) is 5.92 Å². The summed E-state index contributed by atoms with van der Waals surface area (Å²) in [6, 6.07) is 10.6. The third kappa shape index (κ3) is 0.875. The van der Waals surface area contributed by atoms with Gasteiger partial charge >= 0.3 is 0 Å². The Morgan fingerprint density at radius 1 is 1.21 bits per heavy atom. The maximum Gasteiger partial charge on any atom is 0.137 e. The van der Waals surface area contributed by atoms with E-state index >= 15 is 0 Å². The van der Waals surface area contributed by atoms with E-state index in [9.17, 15) is 4.79 Å². The molecule has 0 saturated heterocycles. The van der Waals surface area contributed by atoms with Crippen LogP contribution in [0.5, 0.6) is 0 Å². The summed E-state index contributed by atoms with van der Waals surface area (Å²) < 4.78 is 0. The van der Waals surface area contributed by atoms with Crippen LogP contribution < -0.4 is 0 Å². The molecule has 0 amide bonds. The molecule has 1 aromatic carbocycles. The quantitative estimate of drug-likeness (QED) is 0.659. The van der Waals surface area contributed by atoms with Gasteiger partial charge in [-0.3, -0.25) is 4.79 Å². The zero-order valence-corrected chi connectivity index (χ0v) is 8.20. The summed E-state index contributed by atoms with van der Waals surface area (Å²) >= 11 is 0. The molecule has 2 saturated carbocycles. The third-order valence-corrected chi connectivity index (χ3v) is 4.01. The standard InChI is InChI=1S/C13H14O/c14-12-9-13(8-4-7-11(12)13)10-5-2-1-3-6-10/h1-3,5-6,11H,4,7-9H2/t11-,13+/m1/s1. The molecule has 0 heterocycles. The minimum Gasteiger partial charge on any atom is -0.299 e. The fourth-order valence-corrected chi connectivity index (χ4v) is 3.27. The van der Waals surface area contributed by atoms with Gasteiger partial charge in [-0.25, -0.2) is 0 Å². The van der Waals surface area contributed by atoms with Gasteiger partial charge < -0.3 is 0 Å². The van der Waals surface area contributed by atoms with Gasteiger partial charge in [0.05, 0.1) is 0 Å².